The Balaban J connectivity index is 1.95. The first-order valence-electron chi connectivity index (χ1n) is 7.33. The molecule has 27 heavy (non-hydrogen) atoms. The van der Waals surface area contributed by atoms with E-state index < -0.39 is 22.4 Å². The average Bonchev–Trinajstić information content (AvgIpc) is 2.85. The van der Waals surface area contributed by atoms with Crippen molar-refractivity contribution in [2.45, 2.75) is 10.9 Å². The molecule has 2 aromatic carbocycles. The quantitative estimate of drug-likeness (QED) is 0.348. The molecule has 3 nitrogen and oxygen atoms in total. The van der Waals surface area contributed by atoms with Crippen molar-refractivity contribution in [1.29, 1.82) is 0 Å². The number of thioether (sulfide) groups is 1. The van der Waals surface area contributed by atoms with Crippen molar-refractivity contribution in [3.8, 4) is 5.75 Å². The summed E-state index contributed by atoms with van der Waals surface area (Å²) in [7, 11) is 0. The fourth-order valence-corrected chi connectivity index (χ4v) is 5.18. The number of nitrogens with zero attached hydrogens (tertiary/aromatic N) is 1. The lowest BCUT2D eigenvalue weighted by Gasteiger charge is -2.20. The van der Waals surface area contributed by atoms with E-state index >= 15 is 0 Å². The lowest BCUT2D eigenvalue weighted by Crippen LogP contribution is -2.29. The summed E-state index contributed by atoms with van der Waals surface area (Å²) in [6.07, 6.45) is -2.90. The highest BCUT2D eigenvalue weighted by atomic mass is 79.9. The van der Waals surface area contributed by atoms with Crippen LogP contribution in [0.3, 0.4) is 0 Å². The molecular formula is C17H10Br2F3NO2S2. The largest absolute Gasteiger partial charge is 0.506 e. The second kappa shape index (κ2) is 7.73. The number of amides is 1. The maximum atomic E-state index is 13.0. The normalized spacial score (nSPS) is 19.2. The number of benzene rings is 2. The molecule has 1 aliphatic rings. The summed E-state index contributed by atoms with van der Waals surface area (Å²) < 4.78 is 39.1. The molecule has 0 aliphatic carbocycles. The van der Waals surface area contributed by atoms with Crippen LogP contribution >= 0.6 is 56.3 Å². The monoisotopic (exact) mass is 539 g/mol. The van der Waals surface area contributed by atoms with Crippen molar-refractivity contribution >= 4 is 73.9 Å². The Labute approximate surface area is 179 Å². The number of phenols is 1. The third-order valence-electron chi connectivity index (χ3n) is 3.67. The number of hydrogen-bond donors (Lipinski definition) is 2. The van der Waals surface area contributed by atoms with Gasteiger partial charge in [0.25, 0.3) is 5.91 Å². The van der Waals surface area contributed by atoms with Crippen LogP contribution in [0.4, 0.5) is 18.9 Å². The van der Waals surface area contributed by atoms with Gasteiger partial charge in [0.15, 0.2) is 0 Å². The smallest absolute Gasteiger partial charge is 0.416 e. The van der Waals surface area contributed by atoms with Gasteiger partial charge in [0, 0.05) is 5.69 Å². The number of carbonyl (C=O) groups is 1. The fraction of sp³-hybridized carbons (Fsp3) is 0.118. The van der Waals surface area contributed by atoms with Crippen LogP contribution < -0.4 is 4.90 Å². The number of thiol groups is 1. The first-order valence-corrected chi connectivity index (χ1v) is 10.3. The second-order valence-electron chi connectivity index (χ2n) is 5.51. The standard InChI is InChI=1S/C17H10Br2F3NO2S2/c18-11-4-8(5-12(19)14(11)24)6-13-15(25)23(16(26)27-13)10-3-1-2-9(7-10)17(20,21)22/h1-7,16,24,26H/b13-6-. The van der Waals surface area contributed by atoms with E-state index in [1.807, 2.05) is 0 Å². The first-order chi connectivity index (χ1) is 12.6. The van der Waals surface area contributed by atoms with Gasteiger partial charge in [-0.15, -0.1) is 12.6 Å². The third kappa shape index (κ3) is 4.33. The molecule has 1 fully saturated rings. The number of hydrogen-bond acceptors (Lipinski definition) is 4. The molecule has 1 heterocycles. The summed E-state index contributed by atoms with van der Waals surface area (Å²) in [5, 5.41) is 9.77. The number of phenolic OH excluding ortho intramolecular Hbond substituents is 1. The highest BCUT2D eigenvalue weighted by Crippen LogP contribution is 2.43. The van der Waals surface area contributed by atoms with Gasteiger partial charge >= 0.3 is 6.18 Å². The van der Waals surface area contributed by atoms with Gasteiger partial charge in [-0.05, 0) is 73.8 Å². The summed E-state index contributed by atoms with van der Waals surface area (Å²) in [4.78, 5) is 14.3. The van der Waals surface area contributed by atoms with Gasteiger partial charge < -0.3 is 5.11 Å². The minimum absolute atomic E-state index is 0.0280. The van der Waals surface area contributed by atoms with Crippen LogP contribution in [0.5, 0.6) is 5.75 Å². The number of alkyl halides is 3. The van der Waals surface area contributed by atoms with Gasteiger partial charge in [0.05, 0.1) is 19.4 Å². The van der Waals surface area contributed by atoms with Crippen LogP contribution in [0.25, 0.3) is 6.08 Å². The first kappa shape index (κ1) is 20.6. The van der Waals surface area contributed by atoms with Crippen molar-refractivity contribution in [1.82, 2.24) is 0 Å². The van der Waals surface area contributed by atoms with E-state index in [4.69, 9.17) is 0 Å². The molecule has 10 heteroatoms. The molecule has 2 aromatic rings. The molecule has 1 N–H and O–H groups in total. The Hall–Kier alpha value is -1.10. The maximum absolute atomic E-state index is 13.0. The summed E-state index contributed by atoms with van der Waals surface area (Å²) in [6.45, 7) is 0. The van der Waals surface area contributed by atoms with E-state index in [1.165, 1.54) is 17.0 Å². The zero-order valence-corrected chi connectivity index (χ0v) is 18.0. The van der Waals surface area contributed by atoms with E-state index in [0.29, 0.717) is 19.4 Å². The average molecular weight is 541 g/mol. The molecule has 1 unspecified atom stereocenters. The van der Waals surface area contributed by atoms with Gasteiger partial charge in [-0.1, -0.05) is 17.8 Å². The summed E-state index contributed by atoms with van der Waals surface area (Å²) >= 11 is 11.9. The predicted octanol–water partition coefficient (Wildman–Crippen LogP) is 6.27. The molecular weight excluding hydrogens is 531 g/mol. The maximum Gasteiger partial charge on any atom is 0.416 e. The lowest BCUT2D eigenvalue weighted by atomic mass is 10.1. The third-order valence-corrected chi connectivity index (χ3v) is 6.40. The number of anilines is 1. The number of aromatic hydroxyl groups is 1. The highest BCUT2D eigenvalue weighted by Gasteiger charge is 2.37. The molecule has 1 atom stereocenters. The van der Waals surface area contributed by atoms with Gasteiger partial charge in [-0.25, -0.2) is 0 Å². The van der Waals surface area contributed by atoms with Gasteiger partial charge in [-0.2, -0.15) is 13.2 Å². The van der Waals surface area contributed by atoms with Crippen molar-refractivity contribution in [2.75, 3.05) is 4.90 Å². The molecule has 1 aliphatic heterocycles. The van der Waals surface area contributed by atoms with Gasteiger partial charge in [0.1, 0.15) is 10.5 Å². The highest BCUT2D eigenvalue weighted by molar-refractivity contribution is 9.11. The Morgan fingerprint density at radius 1 is 1.19 bits per heavy atom. The molecule has 3 rings (SSSR count). The SMILES string of the molecule is O=C1/C(=C/c2cc(Br)c(O)c(Br)c2)SC(S)N1c1cccc(C(F)(F)F)c1. The lowest BCUT2D eigenvalue weighted by molar-refractivity contribution is -0.137. The van der Waals surface area contributed by atoms with Crippen LogP contribution in [0, 0.1) is 0 Å². The topological polar surface area (TPSA) is 40.5 Å². The number of rotatable bonds is 2. The fourth-order valence-electron chi connectivity index (χ4n) is 2.43. The minimum Gasteiger partial charge on any atom is -0.506 e. The minimum atomic E-state index is -4.50. The Morgan fingerprint density at radius 2 is 1.81 bits per heavy atom. The van der Waals surface area contributed by atoms with Crippen LogP contribution in [-0.2, 0) is 11.0 Å². The Kier molecular flexibility index (Phi) is 5.90. The van der Waals surface area contributed by atoms with E-state index in [2.05, 4.69) is 44.5 Å². The van der Waals surface area contributed by atoms with Crippen molar-refractivity contribution < 1.29 is 23.1 Å². The molecule has 142 valence electrons. The molecule has 1 amide bonds. The van der Waals surface area contributed by atoms with Crippen molar-refractivity contribution in [2.24, 2.45) is 0 Å². The molecule has 0 aromatic heterocycles. The summed E-state index contributed by atoms with van der Waals surface area (Å²) in [5.41, 5.74) is -0.0743. The Morgan fingerprint density at radius 3 is 2.41 bits per heavy atom. The van der Waals surface area contributed by atoms with Crippen LogP contribution in [0.15, 0.2) is 50.2 Å². The van der Waals surface area contributed by atoms with E-state index in [9.17, 15) is 23.1 Å². The van der Waals surface area contributed by atoms with Crippen molar-refractivity contribution in [3.05, 3.63) is 61.4 Å². The zero-order valence-electron chi connectivity index (χ0n) is 13.2. The van der Waals surface area contributed by atoms with Crippen molar-refractivity contribution in [3.63, 3.8) is 0 Å². The molecule has 0 radical (unpaired) electrons. The number of carbonyl (C=O) groups excluding carboxylic acids is 1. The van der Waals surface area contributed by atoms with Crippen LogP contribution in [-0.4, -0.2) is 15.7 Å². The second-order valence-corrected chi connectivity index (χ2v) is 9.18. The molecule has 0 bridgehead atoms. The van der Waals surface area contributed by atoms with Crippen LogP contribution in [0.1, 0.15) is 11.1 Å². The van der Waals surface area contributed by atoms with Gasteiger partial charge in [0.2, 0.25) is 0 Å². The number of halogens is 5. The summed E-state index contributed by atoms with van der Waals surface area (Å²) in [6, 6.07) is 7.83. The van der Waals surface area contributed by atoms with E-state index in [0.717, 1.165) is 23.9 Å². The van der Waals surface area contributed by atoms with E-state index in [1.54, 1.807) is 18.2 Å². The molecule has 0 spiro atoms. The molecule has 0 saturated carbocycles. The summed E-state index contributed by atoms with van der Waals surface area (Å²) in [5.74, 6) is -0.417. The zero-order chi connectivity index (χ0) is 19.9. The van der Waals surface area contributed by atoms with Gasteiger partial charge in [-0.3, -0.25) is 9.69 Å². The predicted molar refractivity (Wildman–Crippen MR) is 111 cm³/mol. The van der Waals surface area contributed by atoms with Crippen LogP contribution in [0.2, 0.25) is 0 Å². The molecule has 1 saturated heterocycles. The van der Waals surface area contributed by atoms with E-state index in [-0.39, 0.29) is 11.4 Å². The Bertz CT molecular complexity index is 927.